The molecule has 1 aromatic carbocycles. The molecule has 112 valence electrons. The molecule has 0 spiro atoms. The van der Waals surface area contributed by atoms with Gasteiger partial charge < -0.3 is 15.0 Å². The molecule has 0 atom stereocenters. The van der Waals surface area contributed by atoms with Crippen molar-refractivity contribution in [3.05, 3.63) is 30.2 Å². The Morgan fingerprint density at radius 3 is 2.57 bits per heavy atom. The van der Waals surface area contributed by atoms with E-state index in [-0.39, 0.29) is 5.41 Å². The van der Waals surface area contributed by atoms with Crippen molar-refractivity contribution < 1.29 is 9.26 Å². The zero-order chi connectivity index (χ0) is 14.7. The summed E-state index contributed by atoms with van der Waals surface area (Å²) in [5.74, 6) is 1.26. The Hall–Kier alpha value is -1.37. The van der Waals surface area contributed by atoms with Gasteiger partial charge in [-0.15, -0.1) is 11.8 Å². The smallest absolute Gasteiger partial charge is 0.234 e. The number of hydrogen-bond donors (Lipinski definition) is 1. The molecule has 21 heavy (non-hydrogen) atoms. The van der Waals surface area contributed by atoms with Gasteiger partial charge in [-0.1, -0.05) is 5.16 Å². The highest BCUT2D eigenvalue weighted by molar-refractivity contribution is 7.98. The van der Waals surface area contributed by atoms with Crippen molar-refractivity contribution in [1.82, 2.24) is 10.1 Å². The predicted octanol–water partition coefficient (Wildman–Crippen LogP) is 2.47. The van der Waals surface area contributed by atoms with Crippen LogP contribution in [0.25, 0.3) is 11.4 Å². The molecular weight excluding hydrogens is 286 g/mol. The van der Waals surface area contributed by atoms with Gasteiger partial charge in [-0.25, -0.2) is 0 Å². The maximum absolute atomic E-state index is 5.97. The van der Waals surface area contributed by atoms with E-state index in [1.54, 1.807) is 11.8 Å². The lowest BCUT2D eigenvalue weighted by molar-refractivity contribution is 0.0409. The van der Waals surface area contributed by atoms with Gasteiger partial charge in [0.15, 0.2) is 0 Å². The van der Waals surface area contributed by atoms with Gasteiger partial charge >= 0.3 is 0 Å². The van der Waals surface area contributed by atoms with Gasteiger partial charge in [0, 0.05) is 30.2 Å². The molecule has 2 aromatic rings. The highest BCUT2D eigenvalue weighted by Crippen LogP contribution is 2.33. The fourth-order valence-electron chi connectivity index (χ4n) is 2.56. The number of nitrogens with zero attached hydrogens (tertiary/aromatic N) is 2. The Morgan fingerprint density at radius 2 is 1.95 bits per heavy atom. The fraction of sp³-hybridized carbons (Fsp3) is 0.467. The van der Waals surface area contributed by atoms with Crippen LogP contribution in [-0.2, 0) is 10.2 Å². The summed E-state index contributed by atoms with van der Waals surface area (Å²) in [6.07, 6.45) is 3.71. The fourth-order valence-corrected chi connectivity index (χ4v) is 2.97. The summed E-state index contributed by atoms with van der Waals surface area (Å²) in [4.78, 5) is 5.80. The van der Waals surface area contributed by atoms with Crippen molar-refractivity contribution in [1.29, 1.82) is 0 Å². The van der Waals surface area contributed by atoms with E-state index in [2.05, 4.69) is 28.5 Å². The standard InChI is InChI=1S/C15H19N3O2S/c1-21-12-4-2-11(3-5-12)13-17-14(20-18-13)15(10-16)6-8-19-9-7-15/h2-5H,6-10,16H2,1H3. The van der Waals surface area contributed by atoms with Crippen LogP contribution in [-0.4, -0.2) is 36.2 Å². The largest absolute Gasteiger partial charge is 0.381 e. The first-order chi connectivity index (χ1) is 10.3. The van der Waals surface area contributed by atoms with Crippen LogP contribution in [0.5, 0.6) is 0 Å². The van der Waals surface area contributed by atoms with Crippen LogP contribution < -0.4 is 5.73 Å². The number of ether oxygens (including phenoxy) is 1. The number of rotatable bonds is 4. The van der Waals surface area contributed by atoms with Crippen molar-refractivity contribution >= 4 is 11.8 Å². The topological polar surface area (TPSA) is 74.2 Å². The van der Waals surface area contributed by atoms with Crippen LogP contribution in [0.4, 0.5) is 0 Å². The van der Waals surface area contributed by atoms with E-state index in [0.717, 1.165) is 18.4 Å². The predicted molar refractivity (Wildman–Crippen MR) is 82.3 cm³/mol. The molecule has 1 fully saturated rings. The first-order valence-electron chi connectivity index (χ1n) is 7.04. The summed E-state index contributed by atoms with van der Waals surface area (Å²) in [6, 6.07) is 8.14. The number of hydrogen-bond acceptors (Lipinski definition) is 6. The molecule has 2 heterocycles. The van der Waals surface area contributed by atoms with Crippen molar-refractivity contribution in [2.24, 2.45) is 5.73 Å². The summed E-state index contributed by atoms with van der Waals surface area (Å²) in [5.41, 5.74) is 6.70. The minimum absolute atomic E-state index is 0.233. The summed E-state index contributed by atoms with van der Waals surface area (Å²) in [6.45, 7) is 1.89. The molecule has 1 aromatic heterocycles. The molecule has 0 bridgehead atoms. The first kappa shape index (κ1) is 14.6. The zero-order valence-corrected chi connectivity index (χ0v) is 12.9. The van der Waals surface area contributed by atoms with E-state index in [1.165, 1.54) is 4.90 Å². The third kappa shape index (κ3) is 2.84. The molecule has 0 radical (unpaired) electrons. The minimum Gasteiger partial charge on any atom is -0.381 e. The van der Waals surface area contributed by atoms with Gasteiger partial charge in [0.25, 0.3) is 0 Å². The lowest BCUT2D eigenvalue weighted by Gasteiger charge is -2.32. The molecule has 0 unspecified atom stereocenters. The van der Waals surface area contributed by atoms with Gasteiger partial charge in [-0.3, -0.25) is 0 Å². The lowest BCUT2D eigenvalue weighted by atomic mass is 9.80. The van der Waals surface area contributed by atoms with E-state index in [0.29, 0.717) is 31.5 Å². The second-order valence-electron chi connectivity index (χ2n) is 5.25. The number of benzene rings is 1. The average Bonchev–Trinajstić information content (AvgIpc) is 3.06. The Labute approximate surface area is 128 Å². The van der Waals surface area contributed by atoms with Crippen molar-refractivity contribution in [2.75, 3.05) is 26.0 Å². The quantitative estimate of drug-likeness (QED) is 0.875. The van der Waals surface area contributed by atoms with Crippen LogP contribution in [0.2, 0.25) is 0 Å². The molecule has 5 nitrogen and oxygen atoms in total. The lowest BCUT2D eigenvalue weighted by Crippen LogP contribution is -2.40. The normalized spacial score (nSPS) is 17.8. The molecule has 1 aliphatic rings. The zero-order valence-electron chi connectivity index (χ0n) is 12.0. The van der Waals surface area contributed by atoms with Crippen LogP contribution in [0.1, 0.15) is 18.7 Å². The van der Waals surface area contributed by atoms with E-state index in [9.17, 15) is 0 Å². The van der Waals surface area contributed by atoms with Crippen molar-refractivity contribution in [2.45, 2.75) is 23.2 Å². The molecule has 3 rings (SSSR count). The molecule has 0 amide bonds. The van der Waals surface area contributed by atoms with Gasteiger partial charge in [-0.2, -0.15) is 4.98 Å². The summed E-state index contributed by atoms with van der Waals surface area (Å²) < 4.78 is 10.9. The maximum atomic E-state index is 5.97. The molecule has 1 aliphatic heterocycles. The van der Waals surface area contributed by atoms with Crippen LogP contribution in [0, 0.1) is 0 Å². The molecule has 0 saturated carbocycles. The molecular formula is C15H19N3O2S. The summed E-state index contributed by atoms with van der Waals surface area (Å²) >= 11 is 1.71. The Balaban J connectivity index is 1.87. The van der Waals surface area contributed by atoms with Crippen LogP contribution in [0.15, 0.2) is 33.7 Å². The SMILES string of the molecule is CSc1ccc(-c2noc(C3(CN)CCOCC3)n2)cc1. The molecule has 1 saturated heterocycles. The molecule has 2 N–H and O–H groups in total. The van der Waals surface area contributed by atoms with Gasteiger partial charge in [0.1, 0.15) is 0 Å². The van der Waals surface area contributed by atoms with E-state index >= 15 is 0 Å². The number of aromatic nitrogens is 2. The maximum Gasteiger partial charge on any atom is 0.234 e. The van der Waals surface area contributed by atoms with Crippen molar-refractivity contribution in [3.63, 3.8) is 0 Å². The first-order valence-corrected chi connectivity index (χ1v) is 8.26. The third-order valence-electron chi connectivity index (χ3n) is 4.07. The van der Waals surface area contributed by atoms with E-state index in [1.807, 2.05) is 12.1 Å². The summed E-state index contributed by atoms with van der Waals surface area (Å²) in [5, 5.41) is 4.12. The van der Waals surface area contributed by atoms with Gasteiger partial charge in [-0.05, 0) is 43.4 Å². The van der Waals surface area contributed by atoms with Crippen LogP contribution in [0.3, 0.4) is 0 Å². The minimum atomic E-state index is -0.233. The number of nitrogens with two attached hydrogens (primary N) is 1. The average molecular weight is 305 g/mol. The second-order valence-corrected chi connectivity index (χ2v) is 6.13. The van der Waals surface area contributed by atoms with E-state index < -0.39 is 0 Å². The highest BCUT2D eigenvalue weighted by atomic mass is 32.2. The molecule has 6 heteroatoms. The van der Waals surface area contributed by atoms with Gasteiger partial charge in [0.05, 0.1) is 5.41 Å². The van der Waals surface area contributed by atoms with E-state index in [4.69, 9.17) is 15.0 Å². The van der Waals surface area contributed by atoms with Gasteiger partial charge in [0.2, 0.25) is 11.7 Å². The monoisotopic (exact) mass is 305 g/mol. The second kappa shape index (κ2) is 6.17. The number of thioether (sulfide) groups is 1. The third-order valence-corrected chi connectivity index (χ3v) is 4.81. The highest BCUT2D eigenvalue weighted by Gasteiger charge is 2.38. The molecule has 0 aliphatic carbocycles. The van der Waals surface area contributed by atoms with Crippen molar-refractivity contribution in [3.8, 4) is 11.4 Å². The Bertz CT molecular complexity index is 591. The Kier molecular flexibility index (Phi) is 4.28. The Morgan fingerprint density at radius 1 is 1.24 bits per heavy atom. The van der Waals surface area contributed by atoms with Crippen LogP contribution >= 0.6 is 11.8 Å². The summed E-state index contributed by atoms with van der Waals surface area (Å²) in [7, 11) is 0.